The molecule has 8 heteroatoms. The highest BCUT2D eigenvalue weighted by Crippen LogP contribution is 2.33. The van der Waals surface area contributed by atoms with Gasteiger partial charge in [-0.05, 0) is 57.8 Å². The number of nitrogens with zero attached hydrogens (tertiary/aromatic N) is 2. The van der Waals surface area contributed by atoms with E-state index in [0.29, 0.717) is 5.69 Å². The van der Waals surface area contributed by atoms with Gasteiger partial charge in [-0.1, -0.05) is 6.07 Å². The first-order valence-corrected chi connectivity index (χ1v) is 8.79. The molecule has 2 aromatic rings. The van der Waals surface area contributed by atoms with Gasteiger partial charge in [0, 0.05) is 12.8 Å². The number of aromatic nitrogens is 2. The smallest absolute Gasteiger partial charge is 0.272 e. The molecule has 1 amide bonds. The topological polar surface area (TPSA) is 67.7 Å². The third-order valence-corrected chi connectivity index (χ3v) is 5.40. The highest BCUT2D eigenvalue weighted by Gasteiger charge is 2.43. The summed E-state index contributed by atoms with van der Waals surface area (Å²) in [5.41, 5.74) is 1.97. The fraction of sp³-hybridized carbons (Fsp3) is 0.556. The minimum absolute atomic E-state index is 0. The summed E-state index contributed by atoms with van der Waals surface area (Å²) < 4.78 is 8.12. The average molecular weight is 401 g/mol. The van der Waals surface area contributed by atoms with Crippen LogP contribution in [0.3, 0.4) is 0 Å². The van der Waals surface area contributed by atoms with Gasteiger partial charge < -0.3 is 19.8 Å². The van der Waals surface area contributed by atoms with Crippen LogP contribution in [0.5, 0.6) is 0 Å². The van der Waals surface area contributed by atoms with Crippen molar-refractivity contribution in [3.8, 4) is 0 Å². The molecule has 2 N–H and O–H groups in total. The first-order valence-electron chi connectivity index (χ1n) is 8.79. The number of fused-ring (bicyclic) bond motifs is 1. The van der Waals surface area contributed by atoms with Crippen molar-refractivity contribution in [3.63, 3.8) is 0 Å². The number of rotatable bonds is 2. The van der Waals surface area contributed by atoms with Gasteiger partial charge in [-0.15, -0.1) is 24.8 Å². The third kappa shape index (κ3) is 3.69. The van der Waals surface area contributed by atoms with Crippen molar-refractivity contribution in [2.45, 2.75) is 44.2 Å². The molecule has 1 spiro atoms. The fourth-order valence-electron chi connectivity index (χ4n) is 4.03. The Balaban J connectivity index is 0.00000121. The molecule has 2 saturated heterocycles. The van der Waals surface area contributed by atoms with Crippen molar-refractivity contribution in [1.82, 2.24) is 20.0 Å². The molecule has 2 aliphatic rings. The van der Waals surface area contributed by atoms with Gasteiger partial charge in [-0.2, -0.15) is 0 Å². The molecule has 0 radical (unpaired) electrons. The molecule has 4 heterocycles. The summed E-state index contributed by atoms with van der Waals surface area (Å²) in [6, 6.07) is 5.86. The van der Waals surface area contributed by atoms with Crippen molar-refractivity contribution in [2.75, 3.05) is 19.7 Å². The molecule has 0 saturated carbocycles. The number of carbonyl (C=O) groups excluding carboxylic acids is 1. The van der Waals surface area contributed by atoms with Crippen LogP contribution < -0.4 is 10.6 Å². The number of nitrogens with one attached hydrogen (secondary N) is 2. The predicted octanol–water partition coefficient (Wildman–Crippen LogP) is 2.52. The normalized spacial score (nSPS) is 21.7. The van der Waals surface area contributed by atoms with Gasteiger partial charge in [0.05, 0.1) is 17.3 Å². The maximum Gasteiger partial charge on any atom is 0.272 e. The second-order valence-electron chi connectivity index (χ2n) is 6.81. The quantitative estimate of drug-likeness (QED) is 0.812. The van der Waals surface area contributed by atoms with Crippen molar-refractivity contribution >= 4 is 36.4 Å². The van der Waals surface area contributed by atoms with Gasteiger partial charge in [-0.25, -0.2) is 4.98 Å². The molecule has 2 aliphatic heterocycles. The molecule has 0 aliphatic carbocycles. The van der Waals surface area contributed by atoms with Gasteiger partial charge in [-0.3, -0.25) is 4.79 Å². The summed E-state index contributed by atoms with van der Waals surface area (Å²) in [5.74, 6) is -0.0930. The Bertz CT molecular complexity index is 750. The van der Waals surface area contributed by atoms with Crippen LogP contribution in [0.15, 0.2) is 24.4 Å². The molecule has 1 unspecified atom stereocenters. The Morgan fingerprint density at radius 3 is 2.85 bits per heavy atom. The Morgan fingerprint density at radius 2 is 2.12 bits per heavy atom. The van der Waals surface area contributed by atoms with Crippen LogP contribution in [-0.2, 0) is 4.74 Å². The standard InChI is InChI=1S/C18H24N4O2.2ClH/c1-13-16(21-15-6-2-3-11-22(13)15)17(23)20-14-5-4-12-24-18(14)7-9-19-10-8-18;;/h2-3,6,11,14,19H,4-5,7-10,12H2,1H3,(H,20,23);2*1H. The number of amides is 1. The van der Waals surface area contributed by atoms with Crippen LogP contribution in [0, 0.1) is 6.92 Å². The Kier molecular flexibility index (Phi) is 6.91. The average Bonchev–Trinajstić information content (AvgIpc) is 2.95. The van der Waals surface area contributed by atoms with Crippen LogP contribution >= 0.6 is 24.8 Å². The number of pyridine rings is 1. The third-order valence-electron chi connectivity index (χ3n) is 5.40. The number of piperidine rings is 1. The molecule has 2 aromatic heterocycles. The highest BCUT2D eigenvalue weighted by atomic mass is 35.5. The molecule has 0 aromatic carbocycles. The van der Waals surface area contributed by atoms with Gasteiger partial charge in [0.25, 0.3) is 5.91 Å². The molecule has 144 valence electrons. The van der Waals surface area contributed by atoms with Crippen LogP contribution in [0.1, 0.15) is 41.9 Å². The zero-order chi connectivity index (χ0) is 16.6. The minimum Gasteiger partial charge on any atom is -0.373 e. The molecule has 6 nitrogen and oxygen atoms in total. The van der Waals surface area contributed by atoms with E-state index < -0.39 is 0 Å². The Morgan fingerprint density at radius 1 is 1.35 bits per heavy atom. The Labute approximate surface area is 165 Å². The van der Waals surface area contributed by atoms with Gasteiger partial charge in [0.15, 0.2) is 0 Å². The zero-order valence-corrected chi connectivity index (χ0v) is 16.5. The van der Waals surface area contributed by atoms with Crippen molar-refractivity contribution in [1.29, 1.82) is 0 Å². The number of aryl methyl sites for hydroxylation is 1. The molecular weight excluding hydrogens is 375 g/mol. The molecule has 1 atom stereocenters. The van der Waals surface area contributed by atoms with Gasteiger partial charge in [0.1, 0.15) is 11.3 Å². The maximum absolute atomic E-state index is 12.9. The molecule has 0 bridgehead atoms. The SMILES string of the molecule is Cc1c(C(=O)NC2CCCOC23CCNCC3)nc2ccccn12.Cl.Cl. The summed E-state index contributed by atoms with van der Waals surface area (Å²) in [6.45, 7) is 4.62. The summed E-state index contributed by atoms with van der Waals surface area (Å²) in [5, 5.41) is 6.61. The van der Waals surface area contributed by atoms with Crippen molar-refractivity contribution < 1.29 is 9.53 Å². The van der Waals surface area contributed by atoms with Crippen LogP contribution in [-0.4, -0.2) is 46.6 Å². The van der Waals surface area contributed by atoms with E-state index in [2.05, 4.69) is 15.6 Å². The van der Waals surface area contributed by atoms with E-state index in [9.17, 15) is 4.79 Å². The number of carbonyl (C=O) groups is 1. The summed E-state index contributed by atoms with van der Waals surface area (Å²) in [4.78, 5) is 17.4. The molecule has 26 heavy (non-hydrogen) atoms. The van der Waals surface area contributed by atoms with E-state index in [1.165, 1.54) is 0 Å². The van der Waals surface area contributed by atoms with E-state index in [-0.39, 0.29) is 42.4 Å². The largest absolute Gasteiger partial charge is 0.373 e. The first-order chi connectivity index (χ1) is 11.7. The fourth-order valence-corrected chi connectivity index (χ4v) is 4.03. The molecular formula is C18H26Cl2N4O2. The maximum atomic E-state index is 12.9. The van der Waals surface area contributed by atoms with E-state index >= 15 is 0 Å². The van der Waals surface area contributed by atoms with Crippen LogP contribution in [0.2, 0.25) is 0 Å². The van der Waals surface area contributed by atoms with Crippen molar-refractivity contribution in [3.05, 3.63) is 35.8 Å². The van der Waals surface area contributed by atoms with Crippen LogP contribution in [0.4, 0.5) is 0 Å². The highest BCUT2D eigenvalue weighted by molar-refractivity contribution is 5.94. The van der Waals surface area contributed by atoms with E-state index in [1.54, 1.807) is 0 Å². The molecule has 4 rings (SSSR count). The monoisotopic (exact) mass is 400 g/mol. The number of hydrogen-bond donors (Lipinski definition) is 2. The van der Waals surface area contributed by atoms with E-state index in [1.807, 2.05) is 35.7 Å². The van der Waals surface area contributed by atoms with E-state index in [0.717, 1.165) is 56.7 Å². The Hall–Kier alpha value is -1.34. The number of halogens is 2. The lowest BCUT2D eigenvalue weighted by atomic mass is 9.80. The number of hydrogen-bond acceptors (Lipinski definition) is 4. The summed E-state index contributed by atoms with van der Waals surface area (Å²) in [6.07, 6.45) is 5.79. The molecule has 2 fully saturated rings. The van der Waals surface area contributed by atoms with Crippen LogP contribution in [0.25, 0.3) is 5.65 Å². The van der Waals surface area contributed by atoms with E-state index in [4.69, 9.17) is 4.74 Å². The zero-order valence-electron chi connectivity index (χ0n) is 14.9. The number of imidazole rings is 1. The lowest BCUT2D eigenvalue weighted by molar-refractivity contribution is -0.114. The summed E-state index contributed by atoms with van der Waals surface area (Å²) >= 11 is 0. The van der Waals surface area contributed by atoms with Gasteiger partial charge >= 0.3 is 0 Å². The lowest BCUT2D eigenvalue weighted by Crippen LogP contribution is -2.60. The second kappa shape index (κ2) is 8.57. The lowest BCUT2D eigenvalue weighted by Gasteiger charge is -2.46. The predicted molar refractivity (Wildman–Crippen MR) is 106 cm³/mol. The summed E-state index contributed by atoms with van der Waals surface area (Å²) in [7, 11) is 0. The second-order valence-corrected chi connectivity index (χ2v) is 6.81. The first kappa shape index (κ1) is 21.0. The number of ether oxygens (including phenoxy) is 1. The minimum atomic E-state index is -0.216. The van der Waals surface area contributed by atoms with Gasteiger partial charge in [0.2, 0.25) is 0 Å². The van der Waals surface area contributed by atoms with Crippen molar-refractivity contribution in [2.24, 2.45) is 0 Å².